The van der Waals surface area contributed by atoms with Crippen LogP contribution in [0.3, 0.4) is 0 Å². The number of piperidine rings is 1. The van der Waals surface area contributed by atoms with Gasteiger partial charge in [-0.25, -0.2) is 9.80 Å². The van der Waals surface area contributed by atoms with Crippen LogP contribution in [0.5, 0.6) is 0 Å². The summed E-state index contributed by atoms with van der Waals surface area (Å²) in [5.41, 5.74) is 2.74. The quantitative estimate of drug-likeness (QED) is 0.591. The Bertz CT molecular complexity index is 832. The number of hydrogen-bond donors (Lipinski definition) is 2. The van der Waals surface area contributed by atoms with Gasteiger partial charge in [0.05, 0.1) is 0 Å². The number of nitrogens with one attached hydrogen (secondary N) is 1. The third-order valence-corrected chi connectivity index (χ3v) is 6.68. The number of piperazine rings is 1. The summed E-state index contributed by atoms with van der Waals surface area (Å²) >= 11 is 0. The number of likely N-dealkylation sites (tertiary alicyclic amines) is 1. The zero-order valence-electron chi connectivity index (χ0n) is 19.5. The van der Waals surface area contributed by atoms with Gasteiger partial charge in [0.1, 0.15) is 6.10 Å². The molecule has 1 atom stereocenters. The standard InChI is InChI=1S/C26H36N4O3/c1-28-17-19-30(20-18-28)27-14-16-29-15-8-13-24(21-29)33-25(31)26(32,22-9-4-2-5-10-22)23-11-6-3-7-12-23/h2-7,9-12,24,27,32H,8,13-21H2,1H3/t24-/m0/s1. The minimum Gasteiger partial charge on any atom is -0.458 e. The van der Waals surface area contributed by atoms with E-state index in [-0.39, 0.29) is 6.10 Å². The predicted molar refractivity (Wildman–Crippen MR) is 129 cm³/mol. The van der Waals surface area contributed by atoms with Crippen molar-refractivity contribution >= 4 is 5.97 Å². The van der Waals surface area contributed by atoms with Gasteiger partial charge in [0.2, 0.25) is 5.60 Å². The van der Waals surface area contributed by atoms with Crippen LogP contribution in [0.25, 0.3) is 0 Å². The van der Waals surface area contributed by atoms with Gasteiger partial charge in [0.15, 0.2) is 0 Å². The molecule has 2 fully saturated rings. The summed E-state index contributed by atoms with van der Waals surface area (Å²) in [5, 5.41) is 13.9. The molecule has 0 aromatic heterocycles. The highest BCUT2D eigenvalue weighted by molar-refractivity contribution is 5.85. The number of nitrogens with zero attached hydrogens (tertiary/aromatic N) is 3. The van der Waals surface area contributed by atoms with Crippen molar-refractivity contribution in [1.82, 2.24) is 20.2 Å². The summed E-state index contributed by atoms with van der Waals surface area (Å²) in [5.74, 6) is -0.609. The molecule has 7 nitrogen and oxygen atoms in total. The minimum absolute atomic E-state index is 0.228. The summed E-state index contributed by atoms with van der Waals surface area (Å²) in [7, 11) is 2.16. The topological polar surface area (TPSA) is 68.3 Å². The fourth-order valence-corrected chi connectivity index (χ4v) is 4.64. The van der Waals surface area contributed by atoms with E-state index in [2.05, 4.69) is 27.3 Å². The number of rotatable bonds is 8. The van der Waals surface area contributed by atoms with Gasteiger partial charge in [-0.05, 0) is 37.6 Å². The summed E-state index contributed by atoms with van der Waals surface area (Å²) < 4.78 is 5.94. The maximum absolute atomic E-state index is 13.4. The van der Waals surface area contributed by atoms with Crippen LogP contribution in [0.2, 0.25) is 0 Å². The number of ether oxygens (including phenoxy) is 1. The Balaban J connectivity index is 1.35. The van der Waals surface area contributed by atoms with Crippen molar-refractivity contribution in [3.63, 3.8) is 0 Å². The third-order valence-electron chi connectivity index (χ3n) is 6.68. The van der Waals surface area contributed by atoms with Crippen molar-refractivity contribution in [2.24, 2.45) is 0 Å². The minimum atomic E-state index is -1.83. The Morgan fingerprint density at radius 1 is 1.00 bits per heavy atom. The largest absolute Gasteiger partial charge is 0.458 e. The second-order valence-electron chi connectivity index (χ2n) is 9.11. The molecule has 2 aromatic carbocycles. The molecule has 2 saturated heterocycles. The Morgan fingerprint density at radius 3 is 2.21 bits per heavy atom. The molecular formula is C26H36N4O3. The molecule has 2 heterocycles. The van der Waals surface area contributed by atoms with Crippen molar-refractivity contribution < 1.29 is 14.6 Å². The molecule has 7 heteroatoms. The number of esters is 1. The lowest BCUT2D eigenvalue weighted by Gasteiger charge is -2.36. The molecule has 4 rings (SSSR count). The second kappa shape index (κ2) is 11.2. The van der Waals surface area contributed by atoms with E-state index < -0.39 is 11.6 Å². The van der Waals surface area contributed by atoms with E-state index in [4.69, 9.17) is 4.74 Å². The maximum atomic E-state index is 13.4. The normalized spacial score (nSPS) is 21.1. The average molecular weight is 453 g/mol. The monoisotopic (exact) mass is 452 g/mol. The SMILES string of the molecule is CN1CCN(NCCN2CCC[C@H](OC(=O)C(O)(c3ccccc3)c3ccccc3)C2)CC1. The summed E-state index contributed by atoms with van der Waals surface area (Å²) in [6.07, 6.45) is 1.56. The molecule has 0 spiro atoms. The number of hydrazine groups is 1. The summed E-state index contributed by atoms with van der Waals surface area (Å²) in [6, 6.07) is 18.1. The second-order valence-corrected chi connectivity index (χ2v) is 9.11. The van der Waals surface area contributed by atoms with Crippen LogP contribution >= 0.6 is 0 Å². The van der Waals surface area contributed by atoms with Gasteiger partial charge in [-0.2, -0.15) is 0 Å². The lowest BCUT2D eigenvalue weighted by atomic mass is 9.86. The van der Waals surface area contributed by atoms with Crippen molar-refractivity contribution in [1.29, 1.82) is 0 Å². The number of aliphatic hydroxyl groups is 1. The molecule has 0 bridgehead atoms. The van der Waals surface area contributed by atoms with Gasteiger partial charge < -0.3 is 14.7 Å². The molecule has 0 radical (unpaired) electrons. The number of carbonyl (C=O) groups excluding carboxylic acids is 1. The van der Waals surface area contributed by atoms with Gasteiger partial charge in [0, 0.05) is 45.8 Å². The first kappa shape index (κ1) is 23.9. The fraction of sp³-hybridized carbons (Fsp3) is 0.500. The first-order valence-corrected chi connectivity index (χ1v) is 12.0. The van der Waals surface area contributed by atoms with Gasteiger partial charge in [0.25, 0.3) is 0 Å². The van der Waals surface area contributed by atoms with Gasteiger partial charge >= 0.3 is 5.97 Å². The highest BCUT2D eigenvalue weighted by Crippen LogP contribution is 2.32. The Labute approximate surface area is 196 Å². The van der Waals surface area contributed by atoms with Gasteiger partial charge in [-0.1, -0.05) is 60.7 Å². The number of hydrogen-bond acceptors (Lipinski definition) is 7. The molecule has 2 aromatic rings. The average Bonchev–Trinajstić information content (AvgIpc) is 2.86. The smallest absolute Gasteiger partial charge is 0.348 e. The summed E-state index contributed by atoms with van der Waals surface area (Å²) in [6.45, 7) is 7.71. The lowest BCUT2D eigenvalue weighted by Crippen LogP contribution is -2.53. The maximum Gasteiger partial charge on any atom is 0.348 e. The fourth-order valence-electron chi connectivity index (χ4n) is 4.64. The first-order valence-electron chi connectivity index (χ1n) is 12.0. The molecule has 0 aliphatic carbocycles. The van der Waals surface area contributed by atoms with Crippen molar-refractivity contribution in [3.8, 4) is 0 Å². The van der Waals surface area contributed by atoms with Crippen LogP contribution < -0.4 is 5.43 Å². The van der Waals surface area contributed by atoms with E-state index in [1.54, 1.807) is 24.3 Å². The molecule has 0 amide bonds. The molecular weight excluding hydrogens is 416 g/mol. The number of likely N-dealkylation sites (N-methyl/N-ethyl adjacent to an activating group) is 1. The van der Waals surface area contributed by atoms with E-state index in [1.807, 2.05) is 36.4 Å². The van der Waals surface area contributed by atoms with Crippen LogP contribution in [-0.2, 0) is 15.1 Å². The van der Waals surface area contributed by atoms with Gasteiger partial charge in [-0.15, -0.1) is 0 Å². The molecule has 2 aliphatic rings. The number of benzene rings is 2. The Hall–Kier alpha value is -2.29. The zero-order valence-corrected chi connectivity index (χ0v) is 19.5. The van der Waals surface area contributed by atoms with Crippen molar-refractivity contribution in [2.75, 3.05) is 59.4 Å². The van der Waals surface area contributed by atoms with E-state index in [0.29, 0.717) is 17.7 Å². The molecule has 178 valence electrons. The Kier molecular flexibility index (Phi) is 8.11. The van der Waals surface area contributed by atoms with E-state index in [0.717, 1.165) is 58.7 Å². The summed E-state index contributed by atoms with van der Waals surface area (Å²) in [4.78, 5) is 18.1. The van der Waals surface area contributed by atoms with E-state index in [1.165, 1.54) is 0 Å². The predicted octanol–water partition coefficient (Wildman–Crippen LogP) is 1.68. The lowest BCUT2D eigenvalue weighted by molar-refractivity contribution is -0.170. The van der Waals surface area contributed by atoms with Crippen LogP contribution in [0, 0.1) is 0 Å². The van der Waals surface area contributed by atoms with E-state index >= 15 is 0 Å². The van der Waals surface area contributed by atoms with E-state index in [9.17, 15) is 9.90 Å². The van der Waals surface area contributed by atoms with Crippen LogP contribution in [-0.4, -0.2) is 91.4 Å². The third kappa shape index (κ3) is 5.99. The molecule has 2 N–H and O–H groups in total. The molecule has 0 saturated carbocycles. The first-order chi connectivity index (χ1) is 16.1. The highest BCUT2D eigenvalue weighted by Gasteiger charge is 2.43. The highest BCUT2D eigenvalue weighted by atomic mass is 16.6. The zero-order chi connectivity index (χ0) is 23.1. The van der Waals surface area contributed by atoms with Crippen LogP contribution in [0.15, 0.2) is 60.7 Å². The van der Waals surface area contributed by atoms with Crippen LogP contribution in [0.1, 0.15) is 24.0 Å². The molecule has 0 unspecified atom stereocenters. The number of carbonyl (C=O) groups is 1. The molecule has 33 heavy (non-hydrogen) atoms. The van der Waals surface area contributed by atoms with Crippen LogP contribution in [0.4, 0.5) is 0 Å². The van der Waals surface area contributed by atoms with Gasteiger partial charge in [-0.3, -0.25) is 10.3 Å². The molecule has 2 aliphatic heterocycles. The van der Waals surface area contributed by atoms with Crippen molar-refractivity contribution in [2.45, 2.75) is 24.5 Å². The Morgan fingerprint density at radius 2 is 1.61 bits per heavy atom. The van der Waals surface area contributed by atoms with Crippen molar-refractivity contribution in [3.05, 3.63) is 71.8 Å².